The van der Waals surface area contributed by atoms with E-state index in [2.05, 4.69) is 17.0 Å². The molecule has 0 amide bonds. The van der Waals surface area contributed by atoms with Crippen molar-refractivity contribution in [3.05, 3.63) is 70.6 Å². The van der Waals surface area contributed by atoms with E-state index in [-0.39, 0.29) is 12.4 Å². The predicted molar refractivity (Wildman–Crippen MR) is 171 cm³/mol. The minimum Gasteiger partial charge on any atom is -0.396 e. The van der Waals surface area contributed by atoms with Gasteiger partial charge >= 0.3 is 0 Å². The molecule has 5 rings (SSSR count). The maximum absolute atomic E-state index is 13.6. The summed E-state index contributed by atoms with van der Waals surface area (Å²) in [6.45, 7) is 13.1. The van der Waals surface area contributed by atoms with Gasteiger partial charge in [-0.05, 0) is 71.0 Å². The van der Waals surface area contributed by atoms with Crippen molar-refractivity contribution in [1.82, 2.24) is 24.6 Å². The second-order valence-electron chi connectivity index (χ2n) is 10.7. The van der Waals surface area contributed by atoms with Crippen LogP contribution >= 0.6 is 11.3 Å². The summed E-state index contributed by atoms with van der Waals surface area (Å²) in [5.74, 6) is 1.65. The number of hydrogen-bond acceptors (Lipinski definition) is 8. The lowest BCUT2D eigenvalue weighted by atomic mass is 10.0. The van der Waals surface area contributed by atoms with E-state index in [0.29, 0.717) is 40.3 Å². The molecule has 1 saturated heterocycles. The number of anilines is 2. The Morgan fingerprint density at radius 2 is 1.91 bits per heavy atom. The number of fused-ring (bicyclic) bond motifs is 1. The number of nitriles is 1. The predicted octanol–water partition coefficient (Wildman–Crippen LogP) is 6.39. The quantitative estimate of drug-likeness (QED) is 0.135. The van der Waals surface area contributed by atoms with Crippen LogP contribution in [-0.4, -0.2) is 61.8 Å². The number of hydrogen-bond donors (Lipinski definition) is 1. The molecule has 43 heavy (non-hydrogen) atoms. The average molecular weight is 599 g/mol. The normalized spacial score (nSPS) is 14.1. The summed E-state index contributed by atoms with van der Waals surface area (Å²) in [5.41, 5.74) is 5.43. The van der Waals surface area contributed by atoms with E-state index in [1.54, 1.807) is 12.1 Å². The zero-order chi connectivity index (χ0) is 30.7. The molecule has 1 aliphatic heterocycles. The Bertz CT molecular complexity index is 1750. The van der Waals surface area contributed by atoms with Crippen LogP contribution in [0.5, 0.6) is 0 Å². The number of aliphatic hydroxyl groups excluding tert-OH is 1. The van der Waals surface area contributed by atoms with Gasteiger partial charge in [-0.15, -0.1) is 0 Å². The lowest BCUT2D eigenvalue weighted by molar-refractivity contribution is 0.108. The summed E-state index contributed by atoms with van der Waals surface area (Å²) in [7, 11) is 0. The topological polar surface area (TPSA) is 106 Å². The Hall–Kier alpha value is -4.40. The third-order valence-electron chi connectivity index (χ3n) is 7.30. The molecule has 1 N–H and O–H groups in total. The number of thiazole rings is 1. The highest BCUT2D eigenvalue weighted by Crippen LogP contribution is 2.38. The maximum atomic E-state index is 13.6. The molecule has 0 bridgehead atoms. The molecule has 0 saturated carbocycles. The number of nitrogens with zero attached hydrogens (tertiary/aromatic N) is 8. The third kappa shape index (κ3) is 6.21. The van der Waals surface area contributed by atoms with Crippen LogP contribution in [0.4, 0.5) is 15.3 Å². The highest BCUT2D eigenvalue weighted by Gasteiger charge is 2.27. The van der Waals surface area contributed by atoms with Gasteiger partial charge in [0.25, 0.3) is 0 Å². The van der Waals surface area contributed by atoms with Gasteiger partial charge < -0.3 is 14.9 Å². The number of aromatic nitrogens is 4. The van der Waals surface area contributed by atoms with Crippen LogP contribution in [0.2, 0.25) is 0 Å². The summed E-state index contributed by atoms with van der Waals surface area (Å²) in [4.78, 5) is 19.3. The van der Waals surface area contributed by atoms with E-state index in [4.69, 9.17) is 20.1 Å². The lowest BCUT2D eigenvalue weighted by Gasteiger charge is -2.39. The molecule has 0 atom stereocenters. The lowest BCUT2D eigenvalue weighted by Crippen LogP contribution is -2.50. The number of rotatable bonds is 9. The molecule has 222 valence electrons. The fourth-order valence-corrected chi connectivity index (χ4v) is 5.96. The van der Waals surface area contributed by atoms with Gasteiger partial charge in [-0.1, -0.05) is 23.0 Å². The number of allylic oxidation sites excluding steroid dienone is 3. The first kappa shape index (κ1) is 30.1. The van der Waals surface area contributed by atoms with Gasteiger partial charge in [0.15, 0.2) is 10.9 Å². The monoisotopic (exact) mass is 598 g/mol. The number of aryl methyl sites for hydroxylation is 1. The number of amidine groups is 1. The van der Waals surface area contributed by atoms with Gasteiger partial charge in [0.2, 0.25) is 0 Å². The van der Waals surface area contributed by atoms with Crippen LogP contribution in [0.25, 0.3) is 27.9 Å². The summed E-state index contributed by atoms with van der Waals surface area (Å²) in [6.07, 6.45) is 3.91. The molecule has 4 heterocycles. The minimum atomic E-state index is -0.341. The van der Waals surface area contributed by atoms with E-state index >= 15 is 0 Å². The van der Waals surface area contributed by atoms with Crippen molar-refractivity contribution in [2.75, 3.05) is 31.1 Å². The molecule has 0 radical (unpaired) electrons. The first-order valence-corrected chi connectivity index (χ1v) is 15.1. The van der Waals surface area contributed by atoms with Crippen LogP contribution in [0.15, 0.2) is 59.2 Å². The molecular formula is C32H35FN8OS. The highest BCUT2D eigenvalue weighted by molar-refractivity contribution is 7.16. The van der Waals surface area contributed by atoms with Crippen LogP contribution in [0.3, 0.4) is 0 Å². The van der Waals surface area contributed by atoms with E-state index in [0.717, 1.165) is 52.6 Å². The zero-order valence-corrected chi connectivity index (χ0v) is 25.9. The first-order chi connectivity index (χ1) is 20.8. The Morgan fingerprint density at radius 3 is 2.53 bits per heavy atom. The maximum Gasteiger partial charge on any atom is 0.192 e. The summed E-state index contributed by atoms with van der Waals surface area (Å²) >= 11 is 1.29. The van der Waals surface area contributed by atoms with Gasteiger partial charge in [-0.3, -0.25) is 0 Å². The molecule has 1 aromatic carbocycles. The Balaban J connectivity index is 1.58. The summed E-state index contributed by atoms with van der Waals surface area (Å²) in [5, 5.41) is 24.7. The van der Waals surface area contributed by atoms with Crippen molar-refractivity contribution in [2.45, 2.75) is 41.2 Å². The smallest absolute Gasteiger partial charge is 0.192 e. The molecule has 1 aliphatic rings. The number of benzene rings is 1. The van der Waals surface area contributed by atoms with Gasteiger partial charge in [-0.2, -0.15) is 10.4 Å². The van der Waals surface area contributed by atoms with Crippen molar-refractivity contribution in [3.8, 4) is 17.3 Å². The highest BCUT2D eigenvalue weighted by atomic mass is 32.1. The van der Waals surface area contributed by atoms with E-state index in [1.165, 1.54) is 23.5 Å². The van der Waals surface area contributed by atoms with Crippen LogP contribution < -0.4 is 4.90 Å². The average Bonchev–Trinajstić information content (AvgIpc) is 3.57. The standard InChI is InChI=1S/C32H35FN8OS/c1-6-40(32-37-29(28(15-34)43-32)23-8-10-25(33)11-9-23)31-30-27(38-41(31)7-2)13-12-26(36-30)24(14-20(3)4)16-35-21(5)39-17-22(18-39)19-42/h8-14,16,22,42H,6-7,17-19H2,1-5H3/b24-16+,35-21?. The minimum absolute atomic E-state index is 0.196. The van der Waals surface area contributed by atoms with Crippen molar-refractivity contribution < 1.29 is 9.50 Å². The molecule has 0 unspecified atom stereocenters. The number of aliphatic imine (C=N–C) groups is 1. The largest absolute Gasteiger partial charge is 0.396 e. The third-order valence-corrected chi connectivity index (χ3v) is 8.28. The van der Waals surface area contributed by atoms with E-state index in [9.17, 15) is 14.8 Å². The zero-order valence-electron chi connectivity index (χ0n) is 25.0. The fraction of sp³-hybridized carbons (Fsp3) is 0.344. The molecule has 4 aromatic rings. The van der Waals surface area contributed by atoms with E-state index < -0.39 is 0 Å². The van der Waals surface area contributed by atoms with Gasteiger partial charge in [-0.25, -0.2) is 24.0 Å². The molecule has 1 fully saturated rings. The number of halogens is 1. The molecule has 0 aliphatic carbocycles. The molecule has 0 spiro atoms. The molecule has 3 aromatic heterocycles. The van der Waals surface area contributed by atoms with Gasteiger partial charge in [0, 0.05) is 56.0 Å². The van der Waals surface area contributed by atoms with Crippen molar-refractivity contribution in [3.63, 3.8) is 0 Å². The molecular weight excluding hydrogens is 563 g/mol. The van der Waals surface area contributed by atoms with Crippen molar-refractivity contribution in [1.29, 1.82) is 5.26 Å². The van der Waals surface area contributed by atoms with Gasteiger partial charge in [0.05, 0.1) is 5.69 Å². The van der Waals surface area contributed by atoms with Crippen molar-refractivity contribution in [2.24, 2.45) is 10.9 Å². The van der Waals surface area contributed by atoms with Crippen LogP contribution in [-0.2, 0) is 6.54 Å². The van der Waals surface area contributed by atoms with Crippen LogP contribution in [0, 0.1) is 23.1 Å². The summed E-state index contributed by atoms with van der Waals surface area (Å²) < 4.78 is 15.5. The Kier molecular flexibility index (Phi) is 8.99. The second kappa shape index (κ2) is 12.9. The SMILES string of the molecule is CCN(c1nc(-c2ccc(F)cc2)c(C#N)s1)c1c2nc(/C(C=C(C)C)=C/N=C(C)N3CC(CO)C3)ccc2nn1CC. The summed E-state index contributed by atoms with van der Waals surface area (Å²) in [6, 6.07) is 12.2. The Labute approximate surface area is 255 Å². The number of pyridine rings is 1. The number of likely N-dealkylation sites (tertiary alicyclic amines) is 1. The fourth-order valence-electron chi connectivity index (χ4n) is 5.01. The van der Waals surface area contributed by atoms with Crippen LogP contribution in [0.1, 0.15) is 45.2 Å². The first-order valence-electron chi connectivity index (χ1n) is 14.3. The molecule has 11 heteroatoms. The molecule has 9 nitrogen and oxygen atoms in total. The van der Waals surface area contributed by atoms with E-state index in [1.807, 2.05) is 62.5 Å². The van der Waals surface area contributed by atoms with Crippen molar-refractivity contribution >= 4 is 44.7 Å². The number of aliphatic hydroxyl groups is 1. The second-order valence-corrected chi connectivity index (χ2v) is 11.7. The van der Waals surface area contributed by atoms with Gasteiger partial charge in [0.1, 0.15) is 39.3 Å². The Morgan fingerprint density at radius 1 is 1.16 bits per heavy atom.